The average molecular weight is 539 g/mol. The third-order valence-corrected chi connectivity index (χ3v) is 7.93. The number of carbonyl (C=O) groups excluding carboxylic acids is 3. The maximum absolute atomic E-state index is 13.0. The van der Waals surface area contributed by atoms with Crippen LogP contribution in [-0.4, -0.2) is 24.1 Å². The highest BCUT2D eigenvalue weighted by atomic mass is 35.5. The number of allylic oxidation sites excluding steroid dienone is 4. The van der Waals surface area contributed by atoms with Gasteiger partial charge >= 0.3 is 0 Å². The molecule has 6 nitrogen and oxygen atoms in total. The van der Waals surface area contributed by atoms with E-state index in [-0.39, 0.29) is 39.9 Å². The zero-order valence-corrected chi connectivity index (χ0v) is 22.3. The summed E-state index contributed by atoms with van der Waals surface area (Å²) >= 11 is 13.2. The van der Waals surface area contributed by atoms with Gasteiger partial charge in [-0.2, -0.15) is 0 Å². The summed E-state index contributed by atoms with van der Waals surface area (Å²) in [4.78, 5) is 38.6. The molecule has 0 bridgehead atoms. The molecule has 2 aliphatic carbocycles. The van der Waals surface area contributed by atoms with Crippen LogP contribution in [0.4, 0.5) is 5.69 Å². The first-order valence-corrected chi connectivity index (χ1v) is 13.3. The maximum atomic E-state index is 13.0. The van der Waals surface area contributed by atoms with Crippen LogP contribution < -0.4 is 15.4 Å². The zero-order valence-electron chi connectivity index (χ0n) is 20.8. The lowest BCUT2D eigenvalue weighted by Gasteiger charge is -2.37. The van der Waals surface area contributed by atoms with Gasteiger partial charge in [-0.15, -0.1) is 0 Å². The number of rotatable bonds is 5. The van der Waals surface area contributed by atoms with E-state index < -0.39 is 5.92 Å². The molecular weight excluding hydrogens is 511 g/mol. The number of aryl methyl sites for hydroxylation is 1. The lowest BCUT2D eigenvalue weighted by atomic mass is 9.71. The van der Waals surface area contributed by atoms with Crippen LogP contribution in [-0.2, 0) is 14.4 Å². The molecule has 0 aromatic heterocycles. The van der Waals surface area contributed by atoms with Crippen molar-refractivity contribution in [1.29, 1.82) is 0 Å². The van der Waals surface area contributed by atoms with Gasteiger partial charge in [-0.05, 0) is 74.4 Å². The van der Waals surface area contributed by atoms with E-state index >= 15 is 0 Å². The molecule has 0 saturated heterocycles. The average Bonchev–Trinajstić information content (AvgIpc) is 2.85. The van der Waals surface area contributed by atoms with E-state index in [1.54, 1.807) is 12.1 Å². The maximum Gasteiger partial charge on any atom is 0.262 e. The summed E-state index contributed by atoms with van der Waals surface area (Å²) < 4.78 is 5.72. The minimum absolute atomic E-state index is 0.0411. The molecule has 37 heavy (non-hydrogen) atoms. The largest absolute Gasteiger partial charge is 0.481 e. The second-order valence-electron chi connectivity index (χ2n) is 9.79. The van der Waals surface area contributed by atoms with Crippen LogP contribution in [0.5, 0.6) is 5.75 Å². The number of nitrogens with one attached hydrogen (secondary N) is 2. The highest BCUT2D eigenvalue weighted by Gasteiger charge is 2.40. The predicted molar refractivity (Wildman–Crippen MR) is 144 cm³/mol. The Balaban J connectivity index is 1.42. The van der Waals surface area contributed by atoms with Gasteiger partial charge in [-0.1, -0.05) is 35.3 Å². The van der Waals surface area contributed by atoms with Crippen molar-refractivity contribution in [1.82, 2.24) is 5.32 Å². The number of carbonyl (C=O) groups is 3. The van der Waals surface area contributed by atoms with E-state index in [0.717, 1.165) is 53.9 Å². The molecule has 1 heterocycles. The number of ether oxygens (including phenoxy) is 1. The number of halogens is 2. The molecule has 2 aromatic rings. The summed E-state index contributed by atoms with van der Waals surface area (Å²) in [6, 6.07) is 9.08. The Bertz CT molecular complexity index is 1330. The molecule has 0 unspecified atom stereocenters. The Morgan fingerprint density at radius 1 is 0.973 bits per heavy atom. The molecular formula is C29H28Cl2N2O4. The Kier molecular flexibility index (Phi) is 7.15. The predicted octanol–water partition coefficient (Wildman–Crippen LogP) is 6.33. The van der Waals surface area contributed by atoms with Gasteiger partial charge in [-0.25, -0.2) is 0 Å². The van der Waals surface area contributed by atoms with Gasteiger partial charge in [0.05, 0.1) is 10.0 Å². The number of benzene rings is 2. The van der Waals surface area contributed by atoms with Gasteiger partial charge < -0.3 is 15.4 Å². The third-order valence-electron chi connectivity index (χ3n) is 7.37. The molecule has 0 radical (unpaired) electrons. The van der Waals surface area contributed by atoms with Crippen molar-refractivity contribution in [3.05, 3.63) is 79.6 Å². The van der Waals surface area contributed by atoms with Crippen LogP contribution in [0.25, 0.3) is 0 Å². The van der Waals surface area contributed by atoms with E-state index in [1.165, 1.54) is 0 Å². The molecule has 0 atom stereocenters. The van der Waals surface area contributed by atoms with Crippen molar-refractivity contribution in [2.24, 2.45) is 0 Å². The number of hydrogen-bond donors (Lipinski definition) is 2. The first kappa shape index (κ1) is 25.6. The molecule has 2 aromatic carbocycles. The van der Waals surface area contributed by atoms with Crippen LogP contribution in [0.3, 0.4) is 0 Å². The molecule has 3 aliphatic rings. The lowest BCUT2D eigenvalue weighted by Crippen LogP contribution is -2.36. The molecule has 0 spiro atoms. The summed E-state index contributed by atoms with van der Waals surface area (Å²) in [6.45, 7) is 3.64. The SMILES string of the molecule is Cc1cccc(NC(=O)COc2c(Cl)cc(C3C4=C(CCCC4=O)NC4=C3C(=O)CCC4)cc2Cl)c1C. The fourth-order valence-electron chi connectivity index (χ4n) is 5.41. The normalized spacial score (nSPS) is 17.8. The summed E-state index contributed by atoms with van der Waals surface area (Å²) in [6.07, 6.45) is 4.00. The van der Waals surface area contributed by atoms with Gasteiger partial charge in [0.15, 0.2) is 23.9 Å². The van der Waals surface area contributed by atoms with Crippen molar-refractivity contribution in [3.8, 4) is 5.75 Å². The number of dihydropyridines is 1. The number of Topliss-reactive ketones (excluding diaryl/α,β-unsaturated/α-hetero) is 2. The number of amides is 1. The second-order valence-corrected chi connectivity index (χ2v) is 10.6. The van der Waals surface area contributed by atoms with Crippen LogP contribution in [0, 0.1) is 13.8 Å². The number of ketones is 2. The van der Waals surface area contributed by atoms with Gasteiger partial charge in [0, 0.05) is 47.0 Å². The van der Waals surface area contributed by atoms with Gasteiger partial charge in [0.1, 0.15) is 0 Å². The number of anilines is 1. The van der Waals surface area contributed by atoms with E-state index in [1.807, 2.05) is 32.0 Å². The molecule has 0 fully saturated rings. The standard InChI is InChI=1S/C29H28Cl2N2O4/c1-15-6-3-7-20(16(15)2)33-25(36)14-37-29-18(30)12-17(13-19(29)31)26-27-21(8-4-10-23(27)34)32-22-9-5-11-24(35)28(22)26/h3,6-7,12-13,26,32H,4-5,8-11,14H2,1-2H3,(H,33,36). The van der Waals surface area contributed by atoms with Crippen LogP contribution in [0.1, 0.15) is 61.1 Å². The lowest BCUT2D eigenvalue weighted by molar-refractivity contribution is -0.118. The van der Waals surface area contributed by atoms with Gasteiger partial charge in [-0.3, -0.25) is 14.4 Å². The fraction of sp³-hybridized carbons (Fsp3) is 0.345. The summed E-state index contributed by atoms with van der Waals surface area (Å²) in [5.41, 5.74) is 6.50. The minimum Gasteiger partial charge on any atom is -0.481 e. The Morgan fingerprint density at radius 3 is 2.16 bits per heavy atom. The molecule has 0 saturated carbocycles. The van der Waals surface area contributed by atoms with E-state index in [4.69, 9.17) is 27.9 Å². The van der Waals surface area contributed by atoms with Crippen LogP contribution in [0.15, 0.2) is 52.9 Å². The Hall–Kier alpha value is -3.09. The van der Waals surface area contributed by atoms with Crippen LogP contribution in [0.2, 0.25) is 10.0 Å². The molecule has 192 valence electrons. The van der Waals surface area contributed by atoms with Gasteiger partial charge in [0.25, 0.3) is 5.91 Å². The monoisotopic (exact) mass is 538 g/mol. The molecule has 1 aliphatic heterocycles. The van der Waals surface area contributed by atoms with Crippen molar-refractivity contribution in [2.45, 2.75) is 58.3 Å². The van der Waals surface area contributed by atoms with E-state index in [0.29, 0.717) is 29.6 Å². The van der Waals surface area contributed by atoms with Crippen molar-refractivity contribution in [2.75, 3.05) is 11.9 Å². The first-order valence-electron chi connectivity index (χ1n) is 12.5. The smallest absolute Gasteiger partial charge is 0.262 e. The second kappa shape index (κ2) is 10.3. The highest BCUT2D eigenvalue weighted by molar-refractivity contribution is 6.37. The summed E-state index contributed by atoms with van der Waals surface area (Å²) in [5.74, 6) is -0.582. The van der Waals surface area contributed by atoms with Crippen LogP contribution >= 0.6 is 23.2 Å². The summed E-state index contributed by atoms with van der Waals surface area (Å²) in [7, 11) is 0. The molecule has 1 amide bonds. The third kappa shape index (κ3) is 4.92. The van der Waals surface area contributed by atoms with Crippen molar-refractivity contribution >= 4 is 46.4 Å². The quantitative estimate of drug-likeness (QED) is 0.464. The van der Waals surface area contributed by atoms with Crippen molar-refractivity contribution in [3.63, 3.8) is 0 Å². The fourth-order valence-corrected chi connectivity index (χ4v) is 6.02. The van der Waals surface area contributed by atoms with Crippen molar-refractivity contribution < 1.29 is 19.1 Å². The minimum atomic E-state index is -0.511. The topological polar surface area (TPSA) is 84.5 Å². The van der Waals surface area contributed by atoms with E-state index in [2.05, 4.69) is 10.6 Å². The molecule has 8 heteroatoms. The zero-order chi connectivity index (χ0) is 26.3. The first-order chi connectivity index (χ1) is 17.7. The number of hydrogen-bond acceptors (Lipinski definition) is 5. The van der Waals surface area contributed by atoms with Gasteiger partial charge in [0.2, 0.25) is 0 Å². The van der Waals surface area contributed by atoms with E-state index in [9.17, 15) is 14.4 Å². The Morgan fingerprint density at radius 2 is 1.57 bits per heavy atom. The summed E-state index contributed by atoms with van der Waals surface area (Å²) in [5, 5.41) is 6.69. The Labute approximate surface area is 226 Å². The molecule has 5 rings (SSSR count). The molecule has 2 N–H and O–H groups in total. The highest BCUT2D eigenvalue weighted by Crippen LogP contribution is 2.47.